The van der Waals surface area contributed by atoms with Crippen molar-refractivity contribution >= 4 is 40.2 Å². The highest BCUT2D eigenvalue weighted by Gasteiger charge is 2.19. The summed E-state index contributed by atoms with van der Waals surface area (Å²) >= 11 is 1.54. The van der Waals surface area contributed by atoms with Crippen LogP contribution in [0.15, 0.2) is 35.6 Å². The van der Waals surface area contributed by atoms with Crippen molar-refractivity contribution in [3.05, 3.63) is 36.0 Å². The molecule has 0 saturated carbocycles. The van der Waals surface area contributed by atoms with Gasteiger partial charge >= 0.3 is 0 Å². The van der Waals surface area contributed by atoms with Crippen LogP contribution < -0.4 is 15.1 Å². The molecule has 1 aliphatic rings. The molecule has 164 valence electrons. The van der Waals surface area contributed by atoms with Gasteiger partial charge in [0.1, 0.15) is 5.82 Å². The number of hydrogen-bond donors (Lipinski definition) is 1. The lowest BCUT2D eigenvalue weighted by atomic mass is 10.1. The molecule has 9 heteroatoms. The van der Waals surface area contributed by atoms with Gasteiger partial charge in [-0.25, -0.2) is 14.6 Å². The van der Waals surface area contributed by atoms with E-state index in [-0.39, 0.29) is 5.91 Å². The molecule has 1 aliphatic heterocycles. The van der Waals surface area contributed by atoms with E-state index in [0.29, 0.717) is 18.7 Å². The Hall–Kier alpha value is -2.81. The topological polar surface area (TPSA) is 79.2 Å². The van der Waals surface area contributed by atoms with Crippen LogP contribution in [0, 0.1) is 0 Å². The Labute approximate surface area is 187 Å². The number of nitrogens with zero attached hydrogens (tertiary/aromatic N) is 6. The Bertz CT molecular complexity index is 1040. The van der Waals surface area contributed by atoms with Crippen molar-refractivity contribution in [2.24, 2.45) is 0 Å². The van der Waals surface area contributed by atoms with Crippen LogP contribution in [0.3, 0.4) is 0 Å². The first-order valence-electron chi connectivity index (χ1n) is 10.6. The summed E-state index contributed by atoms with van der Waals surface area (Å²) in [6.07, 6.45) is 7.50. The predicted octanol–water partition coefficient (Wildman–Crippen LogP) is 3.03. The van der Waals surface area contributed by atoms with E-state index in [9.17, 15) is 4.79 Å². The van der Waals surface area contributed by atoms with Crippen molar-refractivity contribution in [2.45, 2.75) is 31.0 Å². The molecule has 8 nitrogen and oxygen atoms in total. The average molecular weight is 440 g/mol. The minimum absolute atomic E-state index is 0.0878. The van der Waals surface area contributed by atoms with E-state index in [4.69, 9.17) is 9.97 Å². The normalized spacial score (nSPS) is 14.1. The van der Waals surface area contributed by atoms with Gasteiger partial charge in [-0.2, -0.15) is 5.10 Å². The molecule has 0 atom stereocenters. The smallest absolute Gasteiger partial charge is 0.251 e. The molecule has 0 spiro atoms. The summed E-state index contributed by atoms with van der Waals surface area (Å²) in [5.74, 6) is 0.889. The Morgan fingerprint density at radius 2 is 1.87 bits per heavy atom. The lowest BCUT2D eigenvalue weighted by Gasteiger charge is -2.28. The molecule has 31 heavy (non-hydrogen) atoms. The molecule has 1 amide bonds. The van der Waals surface area contributed by atoms with Crippen LogP contribution in [0.5, 0.6) is 0 Å². The monoisotopic (exact) mass is 439 g/mol. The SMILES string of the molecule is CSc1nc(N2CCCCC2)c2cnn(CCNC(=O)c3ccc(N(C)C)cc3)c2n1. The number of anilines is 2. The molecule has 0 aliphatic carbocycles. The van der Waals surface area contributed by atoms with Crippen molar-refractivity contribution in [1.29, 1.82) is 0 Å². The minimum Gasteiger partial charge on any atom is -0.378 e. The van der Waals surface area contributed by atoms with Crippen LogP contribution >= 0.6 is 11.8 Å². The lowest BCUT2D eigenvalue weighted by Crippen LogP contribution is -2.30. The van der Waals surface area contributed by atoms with Gasteiger partial charge in [0.2, 0.25) is 0 Å². The molecule has 0 radical (unpaired) electrons. The molecule has 4 rings (SSSR count). The second kappa shape index (κ2) is 9.55. The number of amides is 1. The van der Waals surface area contributed by atoms with E-state index in [1.54, 1.807) is 0 Å². The zero-order valence-corrected chi connectivity index (χ0v) is 19.2. The number of carbonyl (C=O) groups is 1. The van der Waals surface area contributed by atoms with Gasteiger partial charge in [-0.05, 0) is 49.8 Å². The second-order valence-electron chi connectivity index (χ2n) is 7.88. The Kier molecular flexibility index (Phi) is 6.60. The van der Waals surface area contributed by atoms with Gasteiger partial charge in [-0.3, -0.25) is 4.79 Å². The third kappa shape index (κ3) is 4.76. The van der Waals surface area contributed by atoms with Crippen molar-refractivity contribution in [2.75, 3.05) is 49.8 Å². The van der Waals surface area contributed by atoms with E-state index >= 15 is 0 Å². The highest BCUT2D eigenvalue weighted by molar-refractivity contribution is 7.98. The average Bonchev–Trinajstić information content (AvgIpc) is 3.21. The molecule has 2 aromatic heterocycles. The maximum absolute atomic E-state index is 12.5. The first-order valence-corrected chi connectivity index (χ1v) is 11.9. The summed E-state index contributed by atoms with van der Waals surface area (Å²) in [5, 5.41) is 9.26. The third-order valence-corrected chi connectivity index (χ3v) is 6.10. The zero-order valence-electron chi connectivity index (χ0n) is 18.3. The van der Waals surface area contributed by atoms with Gasteiger partial charge in [0.05, 0.1) is 18.1 Å². The van der Waals surface area contributed by atoms with Gasteiger partial charge < -0.3 is 15.1 Å². The molecular formula is C22H29N7OS. The maximum atomic E-state index is 12.5. The number of rotatable bonds is 7. The molecule has 1 fully saturated rings. The van der Waals surface area contributed by atoms with Crippen LogP contribution in [0.1, 0.15) is 29.6 Å². The Morgan fingerprint density at radius 3 is 2.55 bits per heavy atom. The van der Waals surface area contributed by atoms with E-state index in [1.807, 2.05) is 60.4 Å². The number of nitrogens with one attached hydrogen (secondary N) is 1. The molecule has 3 heterocycles. The summed E-state index contributed by atoms with van der Waals surface area (Å²) < 4.78 is 1.86. The first-order chi connectivity index (χ1) is 15.1. The molecule has 0 bridgehead atoms. The summed E-state index contributed by atoms with van der Waals surface area (Å²) in [5.41, 5.74) is 2.54. The number of piperidine rings is 1. The lowest BCUT2D eigenvalue weighted by molar-refractivity contribution is 0.0952. The molecule has 1 aromatic carbocycles. The second-order valence-corrected chi connectivity index (χ2v) is 8.66. The number of aromatic nitrogens is 4. The summed E-state index contributed by atoms with van der Waals surface area (Å²) in [4.78, 5) is 26.3. The standard InChI is InChI=1S/C22H29N7OS/c1-27(2)17-9-7-16(8-10-17)21(30)23-11-14-29-20-18(15-24-29)19(25-22(26-20)31-3)28-12-5-4-6-13-28/h7-10,15H,4-6,11-14H2,1-3H3,(H,23,30). The van der Waals surface area contributed by atoms with Crippen molar-refractivity contribution in [1.82, 2.24) is 25.1 Å². The summed E-state index contributed by atoms with van der Waals surface area (Å²) in [7, 11) is 3.96. The molecule has 3 aromatic rings. The summed E-state index contributed by atoms with van der Waals surface area (Å²) in [6.45, 7) is 3.07. The van der Waals surface area contributed by atoms with Crippen LogP contribution in [-0.2, 0) is 6.54 Å². The largest absolute Gasteiger partial charge is 0.378 e. The van der Waals surface area contributed by atoms with Gasteiger partial charge in [0.25, 0.3) is 5.91 Å². The fourth-order valence-electron chi connectivity index (χ4n) is 3.81. The van der Waals surface area contributed by atoms with Crippen molar-refractivity contribution in [3.63, 3.8) is 0 Å². The van der Waals surface area contributed by atoms with Crippen LogP contribution in [0.4, 0.5) is 11.5 Å². The van der Waals surface area contributed by atoms with E-state index in [2.05, 4.69) is 15.3 Å². The van der Waals surface area contributed by atoms with Crippen LogP contribution in [0.25, 0.3) is 11.0 Å². The molecule has 1 N–H and O–H groups in total. The van der Waals surface area contributed by atoms with Crippen LogP contribution in [0.2, 0.25) is 0 Å². The minimum atomic E-state index is -0.0878. The summed E-state index contributed by atoms with van der Waals surface area (Å²) in [6, 6.07) is 7.57. The molecule has 1 saturated heterocycles. The maximum Gasteiger partial charge on any atom is 0.251 e. The van der Waals surface area contributed by atoms with E-state index < -0.39 is 0 Å². The van der Waals surface area contributed by atoms with E-state index in [0.717, 1.165) is 40.8 Å². The Morgan fingerprint density at radius 1 is 1.13 bits per heavy atom. The van der Waals surface area contributed by atoms with Gasteiger partial charge in [0, 0.05) is 45.0 Å². The Balaban J connectivity index is 1.46. The third-order valence-electron chi connectivity index (χ3n) is 5.55. The van der Waals surface area contributed by atoms with E-state index in [1.165, 1.54) is 31.0 Å². The highest BCUT2D eigenvalue weighted by Crippen LogP contribution is 2.28. The fourth-order valence-corrected chi connectivity index (χ4v) is 4.17. The predicted molar refractivity (Wildman–Crippen MR) is 126 cm³/mol. The fraction of sp³-hybridized carbons (Fsp3) is 0.455. The number of carbonyl (C=O) groups excluding carboxylic acids is 1. The first kappa shape index (κ1) is 21.4. The van der Waals surface area contributed by atoms with Crippen molar-refractivity contribution < 1.29 is 4.79 Å². The number of hydrogen-bond acceptors (Lipinski definition) is 7. The zero-order chi connectivity index (χ0) is 21.8. The van der Waals surface area contributed by atoms with Crippen LogP contribution in [-0.4, -0.2) is 65.6 Å². The number of fused-ring (bicyclic) bond motifs is 1. The molecular weight excluding hydrogens is 410 g/mol. The van der Waals surface area contributed by atoms with Gasteiger partial charge in [-0.1, -0.05) is 11.8 Å². The van der Waals surface area contributed by atoms with Gasteiger partial charge in [-0.15, -0.1) is 0 Å². The van der Waals surface area contributed by atoms with Gasteiger partial charge in [0.15, 0.2) is 10.8 Å². The molecule has 0 unspecified atom stereocenters. The quantitative estimate of drug-likeness (QED) is 0.448. The number of thioether (sulfide) groups is 1. The highest BCUT2D eigenvalue weighted by atomic mass is 32.2. The number of benzene rings is 1. The van der Waals surface area contributed by atoms with Crippen molar-refractivity contribution in [3.8, 4) is 0 Å².